The molecule has 2 aromatic rings. The summed E-state index contributed by atoms with van der Waals surface area (Å²) in [6.45, 7) is 10.9. The van der Waals surface area contributed by atoms with Crippen molar-refractivity contribution in [2.24, 2.45) is 0 Å². The van der Waals surface area contributed by atoms with Gasteiger partial charge < -0.3 is 18.9 Å². The summed E-state index contributed by atoms with van der Waals surface area (Å²) < 4.78 is 11.6. The number of furan rings is 1. The van der Waals surface area contributed by atoms with Crippen molar-refractivity contribution in [3.8, 4) is 5.75 Å². The molecule has 4 nitrogen and oxygen atoms in total. The number of hydrogen-bond donors (Lipinski definition) is 2. The predicted molar refractivity (Wildman–Crippen MR) is 83.9 cm³/mol. The van der Waals surface area contributed by atoms with E-state index < -0.39 is 15.4 Å². The molecule has 0 aliphatic heterocycles. The number of rotatable bonds is 3. The lowest BCUT2D eigenvalue weighted by Gasteiger charge is -2.36. The largest absolute Gasteiger partial charge is 0.543 e. The molecule has 0 saturated heterocycles. The second-order valence-corrected chi connectivity index (χ2v) is 11.3. The van der Waals surface area contributed by atoms with E-state index in [-0.39, 0.29) is 10.7 Å². The molecule has 0 aliphatic carbocycles. The van der Waals surface area contributed by atoms with E-state index in [2.05, 4.69) is 33.9 Å². The molecule has 20 heavy (non-hydrogen) atoms. The molecular formula is C14H21BO4Si. The maximum atomic E-state index is 9.12. The Balaban J connectivity index is 2.33. The molecule has 6 heteroatoms. The highest BCUT2D eigenvalue weighted by atomic mass is 28.4. The predicted octanol–water partition coefficient (Wildman–Crippen LogP) is 2.50. The van der Waals surface area contributed by atoms with Crippen LogP contribution in [0.3, 0.4) is 0 Å². The smallest absolute Gasteiger partial charge is 0.526 e. The van der Waals surface area contributed by atoms with Crippen LogP contribution in [0.25, 0.3) is 11.0 Å². The van der Waals surface area contributed by atoms with Gasteiger partial charge in [-0.25, -0.2) is 0 Å². The molecule has 1 aromatic carbocycles. The van der Waals surface area contributed by atoms with Crippen LogP contribution in [0.2, 0.25) is 18.1 Å². The zero-order valence-electron chi connectivity index (χ0n) is 12.6. The Hall–Kier alpha value is -1.24. The average Bonchev–Trinajstić information content (AvgIpc) is 2.69. The minimum atomic E-state index is -1.89. The third-order valence-electron chi connectivity index (χ3n) is 3.94. The van der Waals surface area contributed by atoms with Gasteiger partial charge in [0, 0.05) is 11.5 Å². The molecule has 0 aliphatic rings. The second kappa shape index (κ2) is 4.95. The van der Waals surface area contributed by atoms with Gasteiger partial charge in [-0.15, -0.1) is 0 Å². The minimum Gasteiger partial charge on any atom is -0.543 e. The van der Waals surface area contributed by atoms with Crippen LogP contribution in [0.4, 0.5) is 0 Å². The van der Waals surface area contributed by atoms with Gasteiger partial charge in [0.25, 0.3) is 0 Å². The molecule has 0 bridgehead atoms. The van der Waals surface area contributed by atoms with Gasteiger partial charge in [0.15, 0.2) is 0 Å². The van der Waals surface area contributed by atoms with Crippen LogP contribution < -0.4 is 10.1 Å². The second-order valence-electron chi connectivity index (χ2n) is 6.58. The molecule has 0 saturated carbocycles. The van der Waals surface area contributed by atoms with E-state index in [0.717, 1.165) is 11.1 Å². The van der Waals surface area contributed by atoms with Crippen molar-refractivity contribution in [2.45, 2.75) is 38.9 Å². The van der Waals surface area contributed by atoms with Gasteiger partial charge in [0.05, 0.1) is 0 Å². The Morgan fingerprint density at radius 3 is 2.35 bits per heavy atom. The zero-order valence-corrected chi connectivity index (χ0v) is 13.6. The summed E-state index contributed by atoms with van der Waals surface area (Å²) in [5.41, 5.74) is 0.744. The number of hydrogen-bond acceptors (Lipinski definition) is 4. The third kappa shape index (κ3) is 2.92. The van der Waals surface area contributed by atoms with E-state index in [4.69, 9.17) is 18.9 Å². The number of fused-ring (bicyclic) bond motifs is 1. The van der Waals surface area contributed by atoms with Gasteiger partial charge in [-0.2, -0.15) is 0 Å². The molecule has 1 aromatic heterocycles. The van der Waals surface area contributed by atoms with Crippen LogP contribution in [-0.4, -0.2) is 25.5 Å². The van der Waals surface area contributed by atoms with Crippen LogP contribution in [0.1, 0.15) is 20.8 Å². The van der Waals surface area contributed by atoms with E-state index in [0.29, 0.717) is 5.58 Å². The van der Waals surface area contributed by atoms with Gasteiger partial charge in [-0.3, -0.25) is 0 Å². The Kier molecular flexibility index (Phi) is 3.75. The van der Waals surface area contributed by atoms with Gasteiger partial charge in [0.2, 0.25) is 8.32 Å². The van der Waals surface area contributed by atoms with E-state index in [9.17, 15) is 0 Å². The molecule has 1 heterocycles. The minimum absolute atomic E-state index is 0.123. The molecule has 0 spiro atoms. The van der Waals surface area contributed by atoms with Crippen LogP contribution >= 0.6 is 0 Å². The Morgan fingerprint density at radius 2 is 1.80 bits per heavy atom. The topological polar surface area (TPSA) is 62.8 Å². The highest BCUT2D eigenvalue weighted by molar-refractivity contribution is 6.74. The van der Waals surface area contributed by atoms with Crippen LogP contribution in [0, 0.1) is 0 Å². The lowest BCUT2D eigenvalue weighted by atomic mass is 9.88. The summed E-state index contributed by atoms with van der Waals surface area (Å²) in [6, 6.07) is 7.19. The van der Waals surface area contributed by atoms with Crippen molar-refractivity contribution in [1.29, 1.82) is 0 Å². The number of benzene rings is 1. The normalized spacial score (nSPS) is 12.8. The van der Waals surface area contributed by atoms with Crippen molar-refractivity contribution in [3.63, 3.8) is 0 Å². The molecule has 108 valence electrons. The highest BCUT2D eigenvalue weighted by Crippen LogP contribution is 2.37. The summed E-state index contributed by atoms with van der Waals surface area (Å²) in [5, 5.41) is 19.2. The quantitative estimate of drug-likeness (QED) is 0.853. The maximum Gasteiger partial charge on any atom is 0.526 e. The molecular weight excluding hydrogens is 271 g/mol. The summed E-state index contributed by atoms with van der Waals surface area (Å²) in [7, 11) is -3.48. The van der Waals surface area contributed by atoms with Gasteiger partial charge in [0.1, 0.15) is 17.0 Å². The molecule has 0 fully saturated rings. The Labute approximate surface area is 120 Å². The van der Waals surface area contributed by atoms with E-state index in [1.165, 1.54) is 0 Å². The molecule has 0 atom stereocenters. The van der Waals surface area contributed by atoms with Gasteiger partial charge in [-0.05, 0) is 36.3 Å². The van der Waals surface area contributed by atoms with Crippen molar-refractivity contribution in [3.05, 3.63) is 24.3 Å². The SMILES string of the molecule is CC(C)(C)[Si](C)(C)Oc1ccc2cc(B(O)O)oc2c1. The van der Waals surface area contributed by atoms with Crippen LogP contribution in [-0.2, 0) is 0 Å². The lowest BCUT2D eigenvalue weighted by Crippen LogP contribution is -2.43. The first kappa shape index (κ1) is 15.2. The molecule has 2 N–H and O–H groups in total. The van der Waals surface area contributed by atoms with Crippen molar-refractivity contribution >= 4 is 32.1 Å². The van der Waals surface area contributed by atoms with Gasteiger partial charge >= 0.3 is 7.12 Å². The van der Waals surface area contributed by atoms with Crippen molar-refractivity contribution in [1.82, 2.24) is 0 Å². The fraction of sp³-hybridized carbons (Fsp3) is 0.429. The van der Waals surface area contributed by atoms with Crippen LogP contribution in [0.15, 0.2) is 28.7 Å². The van der Waals surface area contributed by atoms with Gasteiger partial charge in [-0.1, -0.05) is 20.8 Å². The standard InChI is InChI=1S/C14H21BO4Si/c1-14(2,3)20(4,5)19-11-7-6-10-8-13(15(16)17)18-12(10)9-11/h6-9,16-17H,1-5H3. The highest BCUT2D eigenvalue weighted by Gasteiger charge is 2.39. The van der Waals surface area contributed by atoms with Crippen molar-refractivity contribution < 1.29 is 18.9 Å². The Morgan fingerprint density at radius 1 is 1.15 bits per heavy atom. The lowest BCUT2D eigenvalue weighted by molar-refractivity contribution is 0.412. The zero-order chi connectivity index (χ0) is 15.1. The first-order chi connectivity index (χ1) is 9.10. The van der Waals surface area contributed by atoms with E-state index >= 15 is 0 Å². The first-order valence-corrected chi connectivity index (χ1v) is 9.60. The third-order valence-corrected chi connectivity index (χ3v) is 8.30. The summed E-state index contributed by atoms with van der Waals surface area (Å²) in [6.07, 6.45) is 0. The summed E-state index contributed by atoms with van der Waals surface area (Å²) >= 11 is 0. The Bertz CT molecular complexity index is 613. The summed E-state index contributed by atoms with van der Waals surface area (Å²) in [5.74, 6) is 0.762. The molecule has 2 rings (SSSR count). The maximum absolute atomic E-state index is 9.12. The van der Waals surface area contributed by atoms with Crippen molar-refractivity contribution in [2.75, 3.05) is 0 Å². The van der Waals surface area contributed by atoms with Crippen LogP contribution in [0.5, 0.6) is 5.75 Å². The molecule has 0 amide bonds. The molecule has 0 unspecified atom stereocenters. The average molecular weight is 292 g/mol. The van der Waals surface area contributed by atoms with E-state index in [1.54, 1.807) is 6.07 Å². The monoisotopic (exact) mass is 292 g/mol. The summed E-state index contributed by atoms with van der Waals surface area (Å²) in [4.78, 5) is 0. The first-order valence-electron chi connectivity index (χ1n) is 6.69. The van der Waals surface area contributed by atoms with E-state index in [1.807, 2.05) is 18.2 Å². The fourth-order valence-electron chi connectivity index (χ4n) is 1.67. The fourth-order valence-corrected chi connectivity index (χ4v) is 2.69. The molecule has 0 radical (unpaired) electrons.